The van der Waals surface area contributed by atoms with Gasteiger partial charge in [0.15, 0.2) is 0 Å². The molecule has 2 N–H and O–H groups in total. The van der Waals surface area contributed by atoms with Crippen molar-refractivity contribution in [2.45, 2.75) is 31.0 Å². The SMILES string of the molecule is CN1CCC2NC(C(=O)O)CC21. The Balaban J connectivity index is 2.03. The molecule has 2 aliphatic heterocycles. The summed E-state index contributed by atoms with van der Waals surface area (Å²) in [6.45, 7) is 1.09. The minimum Gasteiger partial charge on any atom is -0.480 e. The van der Waals surface area contributed by atoms with E-state index in [1.807, 2.05) is 0 Å². The molecule has 0 aliphatic carbocycles. The first-order valence-corrected chi connectivity index (χ1v) is 4.37. The average Bonchev–Trinajstić information content (AvgIpc) is 2.53. The van der Waals surface area contributed by atoms with Crippen LogP contribution in [0.1, 0.15) is 12.8 Å². The van der Waals surface area contributed by atoms with Crippen LogP contribution in [0.4, 0.5) is 0 Å². The number of carboxylic acids is 1. The maximum Gasteiger partial charge on any atom is 0.320 e. The van der Waals surface area contributed by atoms with Crippen molar-refractivity contribution in [3.05, 3.63) is 0 Å². The highest BCUT2D eigenvalue weighted by atomic mass is 16.4. The number of aliphatic carboxylic acids is 1. The zero-order chi connectivity index (χ0) is 8.72. The second-order valence-electron chi connectivity index (χ2n) is 3.74. The van der Waals surface area contributed by atoms with E-state index in [-0.39, 0.29) is 6.04 Å². The first-order valence-electron chi connectivity index (χ1n) is 4.37. The van der Waals surface area contributed by atoms with Gasteiger partial charge in [-0.25, -0.2) is 0 Å². The summed E-state index contributed by atoms with van der Waals surface area (Å²) in [5.74, 6) is -0.710. The van der Waals surface area contributed by atoms with E-state index in [0.29, 0.717) is 12.1 Å². The lowest BCUT2D eigenvalue weighted by atomic mass is 10.1. The predicted octanol–water partition coefficient (Wildman–Crippen LogP) is -0.494. The van der Waals surface area contributed by atoms with Gasteiger partial charge in [0, 0.05) is 12.1 Å². The highest BCUT2D eigenvalue weighted by Crippen LogP contribution is 2.26. The van der Waals surface area contributed by atoms with Crippen molar-refractivity contribution >= 4 is 5.97 Å². The second-order valence-corrected chi connectivity index (χ2v) is 3.74. The molecule has 4 nitrogen and oxygen atoms in total. The fourth-order valence-corrected chi connectivity index (χ4v) is 2.29. The Hall–Kier alpha value is -0.610. The molecule has 2 aliphatic rings. The molecule has 3 atom stereocenters. The van der Waals surface area contributed by atoms with Gasteiger partial charge in [-0.1, -0.05) is 0 Å². The first kappa shape index (κ1) is 8.01. The molecule has 3 unspecified atom stereocenters. The third-order valence-electron chi connectivity index (χ3n) is 3.01. The van der Waals surface area contributed by atoms with Crippen molar-refractivity contribution in [3.63, 3.8) is 0 Å². The number of hydrogen-bond acceptors (Lipinski definition) is 3. The van der Waals surface area contributed by atoms with Crippen LogP contribution in [-0.4, -0.2) is 47.7 Å². The molecule has 2 heterocycles. The van der Waals surface area contributed by atoms with Crippen LogP contribution < -0.4 is 5.32 Å². The van der Waals surface area contributed by atoms with Gasteiger partial charge in [0.25, 0.3) is 0 Å². The Bertz CT molecular complexity index is 207. The van der Waals surface area contributed by atoms with E-state index < -0.39 is 5.97 Å². The third-order valence-corrected chi connectivity index (χ3v) is 3.01. The van der Waals surface area contributed by atoms with Gasteiger partial charge in [-0.15, -0.1) is 0 Å². The summed E-state index contributed by atoms with van der Waals surface area (Å²) >= 11 is 0. The van der Waals surface area contributed by atoms with E-state index in [2.05, 4.69) is 17.3 Å². The van der Waals surface area contributed by atoms with Gasteiger partial charge in [0.1, 0.15) is 6.04 Å². The van der Waals surface area contributed by atoms with Crippen molar-refractivity contribution in [1.29, 1.82) is 0 Å². The molecule has 68 valence electrons. The summed E-state index contributed by atoms with van der Waals surface area (Å²) in [4.78, 5) is 12.9. The van der Waals surface area contributed by atoms with Crippen LogP contribution in [0.5, 0.6) is 0 Å². The summed E-state index contributed by atoms with van der Waals surface area (Å²) in [5.41, 5.74) is 0. The highest BCUT2D eigenvalue weighted by molar-refractivity contribution is 5.74. The number of nitrogens with one attached hydrogen (secondary N) is 1. The number of hydrogen-bond donors (Lipinski definition) is 2. The lowest BCUT2D eigenvalue weighted by Gasteiger charge is -2.16. The first-order chi connectivity index (χ1) is 5.68. The predicted molar refractivity (Wildman–Crippen MR) is 44.0 cm³/mol. The maximum atomic E-state index is 10.7. The molecule has 0 aromatic rings. The highest BCUT2D eigenvalue weighted by Gasteiger charge is 2.42. The lowest BCUT2D eigenvalue weighted by Crippen LogP contribution is -2.35. The monoisotopic (exact) mass is 170 g/mol. The normalized spacial score (nSPS) is 41.6. The number of carboxylic acid groups (broad SMARTS) is 1. The van der Waals surface area contributed by atoms with Crippen LogP contribution in [-0.2, 0) is 4.79 Å². The van der Waals surface area contributed by atoms with Crippen LogP contribution in [0.15, 0.2) is 0 Å². The summed E-state index contributed by atoms with van der Waals surface area (Å²) in [5, 5.41) is 11.9. The molecule has 2 saturated heterocycles. The van der Waals surface area contributed by atoms with Crippen LogP contribution in [0, 0.1) is 0 Å². The molecular formula is C8H14N2O2. The summed E-state index contributed by atoms with van der Waals surface area (Å²) in [6.07, 6.45) is 1.85. The Morgan fingerprint density at radius 3 is 3.00 bits per heavy atom. The van der Waals surface area contributed by atoms with Gasteiger partial charge in [0.2, 0.25) is 0 Å². The Kier molecular flexibility index (Phi) is 1.81. The number of carbonyl (C=O) groups is 1. The van der Waals surface area contributed by atoms with Crippen LogP contribution in [0.3, 0.4) is 0 Å². The van der Waals surface area contributed by atoms with Gasteiger partial charge >= 0.3 is 5.97 Å². The number of fused-ring (bicyclic) bond motifs is 1. The van der Waals surface area contributed by atoms with Gasteiger partial charge in [-0.05, 0) is 26.4 Å². The van der Waals surface area contributed by atoms with E-state index >= 15 is 0 Å². The fraction of sp³-hybridized carbons (Fsp3) is 0.875. The van der Waals surface area contributed by atoms with Crippen molar-refractivity contribution in [2.24, 2.45) is 0 Å². The molecule has 0 radical (unpaired) electrons. The molecule has 0 aromatic heterocycles. The van der Waals surface area contributed by atoms with Crippen molar-refractivity contribution in [1.82, 2.24) is 10.2 Å². The zero-order valence-corrected chi connectivity index (χ0v) is 7.16. The molecule has 0 aromatic carbocycles. The van der Waals surface area contributed by atoms with Crippen LogP contribution >= 0.6 is 0 Å². The van der Waals surface area contributed by atoms with Gasteiger partial charge < -0.3 is 10.0 Å². The number of likely N-dealkylation sites (N-methyl/N-ethyl adjacent to an activating group) is 1. The summed E-state index contributed by atoms with van der Waals surface area (Å²) in [7, 11) is 2.07. The lowest BCUT2D eigenvalue weighted by molar-refractivity contribution is -0.139. The largest absolute Gasteiger partial charge is 0.480 e. The summed E-state index contributed by atoms with van der Waals surface area (Å²) < 4.78 is 0. The third kappa shape index (κ3) is 1.11. The molecule has 4 heteroatoms. The number of likely N-dealkylation sites (tertiary alicyclic amines) is 1. The average molecular weight is 170 g/mol. The second kappa shape index (κ2) is 2.71. The van der Waals surface area contributed by atoms with E-state index in [4.69, 9.17) is 5.11 Å². The Labute approximate surface area is 71.5 Å². The molecule has 0 spiro atoms. The van der Waals surface area contributed by atoms with E-state index in [1.54, 1.807) is 0 Å². The molecule has 0 saturated carbocycles. The molecule has 0 bridgehead atoms. The smallest absolute Gasteiger partial charge is 0.320 e. The Morgan fingerprint density at radius 2 is 2.42 bits per heavy atom. The maximum absolute atomic E-state index is 10.7. The van der Waals surface area contributed by atoms with Crippen molar-refractivity contribution in [3.8, 4) is 0 Å². The van der Waals surface area contributed by atoms with E-state index in [9.17, 15) is 4.79 Å². The molecule has 0 amide bonds. The standard InChI is InChI=1S/C8H14N2O2/c1-10-3-2-5-7(10)4-6(9-5)8(11)12/h5-7,9H,2-4H2,1H3,(H,11,12). The fourth-order valence-electron chi connectivity index (χ4n) is 2.29. The zero-order valence-electron chi connectivity index (χ0n) is 7.16. The van der Waals surface area contributed by atoms with Crippen LogP contribution in [0.25, 0.3) is 0 Å². The van der Waals surface area contributed by atoms with E-state index in [0.717, 1.165) is 19.4 Å². The summed E-state index contributed by atoms with van der Waals surface area (Å²) in [6, 6.07) is 0.546. The number of nitrogens with zero attached hydrogens (tertiary/aromatic N) is 1. The van der Waals surface area contributed by atoms with Crippen molar-refractivity contribution in [2.75, 3.05) is 13.6 Å². The minimum absolute atomic E-state index is 0.317. The van der Waals surface area contributed by atoms with Gasteiger partial charge in [0.05, 0.1) is 0 Å². The quantitative estimate of drug-likeness (QED) is 0.557. The number of rotatable bonds is 1. The minimum atomic E-state index is -0.710. The van der Waals surface area contributed by atoms with E-state index in [1.165, 1.54) is 0 Å². The molecule has 2 rings (SSSR count). The van der Waals surface area contributed by atoms with Gasteiger partial charge in [-0.3, -0.25) is 10.1 Å². The molecular weight excluding hydrogens is 156 g/mol. The van der Waals surface area contributed by atoms with Crippen molar-refractivity contribution < 1.29 is 9.90 Å². The van der Waals surface area contributed by atoms with Gasteiger partial charge in [-0.2, -0.15) is 0 Å². The topological polar surface area (TPSA) is 52.6 Å². The van der Waals surface area contributed by atoms with Crippen LogP contribution in [0.2, 0.25) is 0 Å². The molecule has 2 fully saturated rings. The molecule has 12 heavy (non-hydrogen) atoms. The Morgan fingerprint density at radius 1 is 1.67 bits per heavy atom.